The molecule has 32 heavy (non-hydrogen) atoms. The minimum atomic E-state index is -0.122. The molecule has 0 bridgehead atoms. The predicted octanol–water partition coefficient (Wildman–Crippen LogP) is 8.33. The van der Waals surface area contributed by atoms with Crippen LogP contribution in [0.2, 0.25) is 0 Å². The van der Waals surface area contributed by atoms with Crippen LogP contribution in [0.4, 0.5) is 0 Å². The van der Waals surface area contributed by atoms with Crippen molar-refractivity contribution in [2.45, 2.75) is 111 Å². The third-order valence-corrected chi connectivity index (χ3v) is 11.6. The van der Waals surface area contributed by atoms with Crippen molar-refractivity contribution in [1.29, 1.82) is 0 Å². The fourth-order valence-corrected chi connectivity index (χ4v) is 10.1. The maximum absolute atomic E-state index is 11.5. The lowest BCUT2D eigenvalue weighted by molar-refractivity contribution is -0.148. The van der Waals surface area contributed by atoms with E-state index in [0.717, 1.165) is 53.7 Å². The van der Waals surface area contributed by atoms with E-state index in [0.29, 0.717) is 10.8 Å². The topological polar surface area (TPSA) is 26.3 Å². The van der Waals surface area contributed by atoms with Crippen molar-refractivity contribution >= 4 is 21.9 Å². The zero-order valence-corrected chi connectivity index (χ0v) is 22.9. The number of hydrogen-bond acceptors (Lipinski definition) is 2. The van der Waals surface area contributed by atoms with Gasteiger partial charge in [0, 0.05) is 24.1 Å². The lowest BCUT2D eigenvalue weighted by Crippen LogP contribution is -2.52. The molecule has 0 saturated heterocycles. The van der Waals surface area contributed by atoms with Crippen LogP contribution in [0.1, 0.15) is 105 Å². The number of carbonyl (C=O) groups excluding carboxylic acids is 1. The summed E-state index contributed by atoms with van der Waals surface area (Å²) in [5.41, 5.74) is 2.46. The molecule has 0 spiro atoms. The van der Waals surface area contributed by atoms with Gasteiger partial charge >= 0.3 is 5.97 Å². The maximum atomic E-state index is 11.5. The van der Waals surface area contributed by atoms with E-state index < -0.39 is 0 Å². The molecule has 0 aromatic rings. The second kappa shape index (κ2) is 9.74. The van der Waals surface area contributed by atoms with Crippen LogP contribution < -0.4 is 0 Å². The molecule has 4 rings (SSSR count). The highest BCUT2D eigenvalue weighted by atomic mass is 79.9. The molecular formula is C29H47BrO2. The standard InChI is InChI=1S/C29H47BrO2/c1-19(2)7-6-8-20(3)25-11-12-26-24-10-9-22-17-23(32-21(4)31)13-16-29(22,18-30)27(24)14-15-28(25,26)5/h9,19-20,23-27H,6-8,10-18H2,1-5H3/t20-,23?,24?,25-,26?,27?,28-,29-/m1/s1. The van der Waals surface area contributed by atoms with Crippen molar-refractivity contribution in [1.82, 2.24) is 0 Å². The fraction of sp³-hybridized carbons (Fsp3) is 0.897. The van der Waals surface area contributed by atoms with Gasteiger partial charge in [-0.15, -0.1) is 0 Å². The molecule has 0 aromatic carbocycles. The number of fused-ring (bicyclic) bond motifs is 5. The zero-order valence-electron chi connectivity index (χ0n) is 21.3. The van der Waals surface area contributed by atoms with Crippen LogP contribution in [-0.4, -0.2) is 17.4 Å². The van der Waals surface area contributed by atoms with Gasteiger partial charge in [0.25, 0.3) is 0 Å². The molecule has 4 unspecified atom stereocenters. The Kier molecular flexibility index (Phi) is 7.55. The van der Waals surface area contributed by atoms with Gasteiger partial charge in [-0.05, 0) is 85.9 Å². The van der Waals surface area contributed by atoms with Crippen LogP contribution >= 0.6 is 15.9 Å². The Bertz CT molecular complexity index is 714. The van der Waals surface area contributed by atoms with Crippen LogP contribution in [0.5, 0.6) is 0 Å². The molecule has 0 heterocycles. The fourth-order valence-electron chi connectivity index (χ4n) is 9.03. The maximum Gasteiger partial charge on any atom is 0.302 e. The van der Waals surface area contributed by atoms with Crippen molar-refractivity contribution in [3.05, 3.63) is 11.6 Å². The molecule has 182 valence electrons. The highest BCUT2D eigenvalue weighted by Gasteiger charge is 2.60. The molecule has 2 nitrogen and oxygen atoms in total. The molecule has 4 aliphatic rings. The van der Waals surface area contributed by atoms with Crippen LogP contribution in [0.3, 0.4) is 0 Å². The Balaban J connectivity index is 1.50. The van der Waals surface area contributed by atoms with Gasteiger partial charge in [0.2, 0.25) is 0 Å². The number of rotatable bonds is 7. The van der Waals surface area contributed by atoms with Gasteiger partial charge in [0.15, 0.2) is 0 Å². The predicted molar refractivity (Wildman–Crippen MR) is 137 cm³/mol. The van der Waals surface area contributed by atoms with Gasteiger partial charge in [0.1, 0.15) is 6.10 Å². The molecule has 0 radical (unpaired) electrons. The SMILES string of the molecule is CC(=O)OC1CC[C@@]2(CBr)C(=CCC3C2CC[C@@]2(C)C3CC[C@@H]2[C@H](C)CCCC(C)C)C1. The summed E-state index contributed by atoms with van der Waals surface area (Å²) in [6, 6.07) is 0. The quantitative estimate of drug-likeness (QED) is 0.197. The van der Waals surface area contributed by atoms with E-state index in [1.54, 1.807) is 12.5 Å². The summed E-state index contributed by atoms with van der Waals surface area (Å²) in [4.78, 5) is 11.5. The molecule has 8 atom stereocenters. The van der Waals surface area contributed by atoms with E-state index >= 15 is 0 Å². The highest BCUT2D eigenvalue weighted by Crippen LogP contribution is 2.67. The molecule has 3 saturated carbocycles. The summed E-state index contributed by atoms with van der Waals surface area (Å²) in [6.45, 7) is 11.5. The van der Waals surface area contributed by atoms with E-state index in [4.69, 9.17) is 4.74 Å². The Labute approximate surface area is 205 Å². The van der Waals surface area contributed by atoms with Gasteiger partial charge in [0.05, 0.1) is 0 Å². The molecule has 0 amide bonds. The smallest absolute Gasteiger partial charge is 0.302 e. The average molecular weight is 508 g/mol. The molecule has 0 N–H and O–H groups in total. The van der Waals surface area contributed by atoms with E-state index in [2.05, 4.69) is 49.7 Å². The Morgan fingerprint density at radius 3 is 2.59 bits per heavy atom. The first-order valence-electron chi connectivity index (χ1n) is 13.6. The van der Waals surface area contributed by atoms with Crippen molar-refractivity contribution in [2.24, 2.45) is 46.3 Å². The first-order chi connectivity index (χ1) is 15.2. The van der Waals surface area contributed by atoms with E-state index in [9.17, 15) is 4.79 Å². The number of allylic oxidation sites excluding steroid dienone is 1. The average Bonchev–Trinajstić information content (AvgIpc) is 3.10. The number of carbonyl (C=O) groups is 1. The normalized spacial score (nSPS) is 42.0. The minimum absolute atomic E-state index is 0.0962. The second-order valence-corrected chi connectivity index (χ2v) is 13.2. The summed E-state index contributed by atoms with van der Waals surface area (Å²) >= 11 is 3.99. The molecule has 3 heteroatoms. The lowest BCUT2D eigenvalue weighted by atomic mass is 9.47. The largest absolute Gasteiger partial charge is 0.462 e. The highest BCUT2D eigenvalue weighted by molar-refractivity contribution is 9.09. The van der Waals surface area contributed by atoms with E-state index in [1.165, 1.54) is 57.8 Å². The summed E-state index contributed by atoms with van der Waals surface area (Å²) in [5.74, 6) is 5.08. The first-order valence-corrected chi connectivity index (χ1v) is 14.8. The Hall–Kier alpha value is -0.310. The number of alkyl halides is 1. The second-order valence-electron chi connectivity index (χ2n) is 12.6. The van der Waals surface area contributed by atoms with Crippen LogP contribution in [0.15, 0.2) is 11.6 Å². The van der Waals surface area contributed by atoms with Crippen LogP contribution in [-0.2, 0) is 9.53 Å². The van der Waals surface area contributed by atoms with E-state index in [1.807, 2.05) is 0 Å². The molecule has 4 aliphatic carbocycles. The number of hydrogen-bond donors (Lipinski definition) is 0. The van der Waals surface area contributed by atoms with Crippen LogP contribution in [0.25, 0.3) is 0 Å². The van der Waals surface area contributed by atoms with Gasteiger partial charge in [-0.3, -0.25) is 4.79 Å². The monoisotopic (exact) mass is 506 g/mol. The van der Waals surface area contributed by atoms with E-state index in [-0.39, 0.29) is 12.1 Å². The van der Waals surface area contributed by atoms with Gasteiger partial charge in [-0.1, -0.05) is 74.5 Å². The minimum Gasteiger partial charge on any atom is -0.462 e. The molecule has 3 fully saturated rings. The number of esters is 1. The van der Waals surface area contributed by atoms with Gasteiger partial charge in [-0.25, -0.2) is 0 Å². The van der Waals surface area contributed by atoms with Crippen molar-refractivity contribution in [3.63, 3.8) is 0 Å². The van der Waals surface area contributed by atoms with Crippen LogP contribution in [0, 0.1) is 46.3 Å². The summed E-state index contributed by atoms with van der Waals surface area (Å²) in [5, 5.41) is 1.08. The van der Waals surface area contributed by atoms with Gasteiger partial charge < -0.3 is 4.74 Å². The summed E-state index contributed by atoms with van der Waals surface area (Å²) < 4.78 is 5.64. The zero-order chi connectivity index (χ0) is 23.1. The summed E-state index contributed by atoms with van der Waals surface area (Å²) in [7, 11) is 0. The lowest BCUT2D eigenvalue weighted by Gasteiger charge is -2.59. The summed E-state index contributed by atoms with van der Waals surface area (Å²) in [6.07, 6.45) is 17.1. The molecule has 0 aliphatic heterocycles. The number of halogens is 1. The molecule has 0 aromatic heterocycles. The van der Waals surface area contributed by atoms with Crippen molar-refractivity contribution in [2.75, 3.05) is 5.33 Å². The Morgan fingerprint density at radius 1 is 1.12 bits per heavy atom. The first kappa shape index (κ1) is 24.8. The third-order valence-electron chi connectivity index (χ3n) is 10.6. The molecular weight excluding hydrogens is 460 g/mol. The number of ether oxygens (including phenoxy) is 1. The van der Waals surface area contributed by atoms with Gasteiger partial charge in [-0.2, -0.15) is 0 Å². The third kappa shape index (κ3) is 4.38. The van der Waals surface area contributed by atoms with Crippen molar-refractivity contribution in [3.8, 4) is 0 Å². The Morgan fingerprint density at radius 2 is 1.91 bits per heavy atom. The van der Waals surface area contributed by atoms with Crippen molar-refractivity contribution < 1.29 is 9.53 Å².